The second-order valence-corrected chi connectivity index (χ2v) is 6.27. The van der Waals surface area contributed by atoms with Crippen molar-refractivity contribution in [2.24, 2.45) is 0 Å². The van der Waals surface area contributed by atoms with Gasteiger partial charge in [-0.25, -0.2) is 9.59 Å². The highest BCUT2D eigenvalue weighted by atomic mass is 16.6. The summed E-state index contributed by atoms with van der Waals surface area (Å²) in [6, 6.07) is 6.68. The number of ether oxygens (including phenoxy) is 2. The molecule has 0 saturated heterocycles. The lowest BCUT2D eigenvalue weighted by molar-refractivity contribution is -0.384. The molecule has 8 heteroatoms. The number of nitrogens with zero attached hydrogens (tertiary/aromatic N) is 1. The first-order valence-electron chi connectivity index (χ1n) is 8.30. The molecular weight excluding hydrogens is 366 g/mol. The van der Waals surface area contributed by atoms with Crippen LogP contribution in [0.5, 0.6) is 0 Å². The Morgan fingerprint density at radius 2 is 1.46 bits per heavy atom. The number of benzene rings is 2. The molecule has 0 aliphatic heterocycles. The first kappa shape index (κ1) is 20.8. The Bertz CT molecular complexity index is 979. The molecule has 0 spiro atoms. The minimum atomic E-state index is -0.955. The van der Waals surface area contributed by atoms with Gasteiger partial charge in [0.1, 0.15) is 0 Å². The van der Waals surface area contributed by atoms with E-state index in [2.05, 4.69) is 4.74 Å². The number of nitro benzene ring substituents is 1. The Morgan fingerprint density at radius 3 is 2.04 bits per heavy atom. The van der Waals surface area contributed by atoms with Crippen LogP contribution in [-0.4, -0.2) is 36.4 Å². The van der Waals surface area contributed by atoms with E-state index in [-0.39, 0.29) is 11.1 Å². The molecule has 2 aromatic rings. The van der Waals surface area contributed by atoms with Gasteiger partial charge in [0.25, 0.3) is 5.69 Å². The van der Waals surface area contributed by atoms with Gasteiger partial charge in [-0.3, -0.25) is 14.9 Å². The fourth-order valence-corrected chi connectivity index (χ4v) is 2.62. The number of carbonyl (C=O) groups excluding carboxylic acids is 3. The zero-order valence-electron chi connectivity index (χ0n) is 15.9. The molecule has 0 saturated carbocycles. The summed E-state index contributed by atoms with van der Waals surface area (Å²) in [6.07, 6.45) is 0. The van der Waals surface area contributed by atoms with Crippen molar-refractivity contribution in [1.29, 1.82) is 0 Å². The van der Waals surface area contributed by atoms with Crippen LogP contribution >= 0.6 is 0 Å². The standard InChI is InChI=1S/C20H19NO7/c1-11-5-13(3)17(6-12(11)2)18(22)10-28-20(24)15-7-14(19(23)27-4)8-16(9-15)21(25)26/h5-9H,10H2,1-4H3. The Morgan fingerprint density at radius 1 is 0.893 bits per heavy atom. The second kappa shape index (κ2) is 8.43. The molecule has 8 nitrogen and oxygen atoms in total. The molecule has 146 valence electrons. The van der Waals surface area contributed by atoms with Gasteiger partial charge in [-0.15, -0.1) is 0 Å². The molecule has 0 heterocycles. The van der Waals surface area contributed by atoms with Gasteiger partial charge in [-0.2, -0.15) is 0 Å². The number of aryl methyl sites for hydroxylation is 3. The van der Waals surface area contributed by atoms with Gasteiger partial charge in [0.2, 0.25) is 5.78 Å². The molecule has 0 aromatic heterocycles. The summed E-state index contributed by atoms with van der Waals surface area (Å²) in [4.78, 5) is 46.6. The Kier molecular flexibility index (Phi) is 6.25. The van der Waals surface area contributed by atoms with Gasteiger partial charge in [-0.05, 0) is 49.6 Å². The summed E-state index contributed by atoms with van der Waals surface area (Å²) < 4.78 is 9.54. The molecule has 2 aromatic carbocycles. The molecule has 0 aliphatic carbocycles. The fraction of sp³-hybridized carbons (Fsp3) is 0.250. The van der Waals surface area contributed by atoms with Gasteiger partial charge in [0.15, 0.2) is 6.61 Å². The van der Waals surface area contributed by atoms with Gasteiger partial charge < -0.3 is 9.47 Å². The van der Waals surface area contributed by atoms with Crippen LogP contribution in [0.15, 0.2) is 30.3 Å². The van der Waals surface area contributed by atoms with Gasteiger partial charge in [-0.1, -0.05) is 6.07 Å². The van der Waals surface area contributed by atoms with Crippen LogP contribution in [0.2, 0.25) is 0 Å². The third-order valence-corrected chi connectivity index (χ3v) is 4.26. The van der Waals surface area contributed by atoms with Gasteiger partial charge >= 0.3 is 11.9 Å². The third kappa shape index (κ3) is 4.59. The van der Waals surface area contributed by atoms with Crippen molar-refractivity contribution in [3.63, 3.8) is 0 Å². The van der Waals surface area contributed by atoms with E-state index in [1.54, 1.807) is 13.0 Å². The monoisotopic (exact) mass is 385 g/mol. The number of hydrogen-bond acceptors (Lipinski definition) is 7. The zero-order chi connectivity index (χ0) is 21.0. The summed E-state index contributed by atoms with van der Waals surface area (Å²) in [5.74, 6) is -2.18. The number of hydrogen-bond donors (Lipinski definition) is 0. The maximum absolute atomic E-state index is 12.4. The first-order chi connectivity index (χ1) is 13.1. The van der Waals surface area contributed by atoms with E-state index in [1.807, 2.05) is 19.9 Å². The van der Waals surface area contributed by atoms with Crippen molar-refractivity contribution >= 4 is 23.4 Å². The van der Waals surface area contributed by atoms with E-state index < -0.39 is 34.9 Å². The van der Waals surface area contributed by atoms with Crippen LogP contribution in [0, 0.1) is 30.9 Å². The largest absolute Gasteiger partial charge is 0.465 e. The summed E-state index contributed by atoms with van der Waals surface area (Å²) >= 11 is 0. The molecule has 0 bridgehead atoms. The van der Waals surface area contributed by atoms with Crippen molar-refractivity contribution in [3.05, 3.63) is 73.8 Å². The number of nitro groups is 1. The number of methoxy groups -OCH3 is 1. The minimum Gasteiger partial charge on any atom is -0.465 e. The van der Waals surface area contributed by atoms with E-state index in [1.165, 1.54) is 0 Å². The van der Waals surface area contributed by atoms with Crippen LogP contribution < -0.4 is 0 Å². The van der Waals surface area contributed by atoms with E-state index in [4.69, 9.17) is 4.74 Å². The maximum Gasteiger partial charge on any atom is 0.338 e. The molecule has 28 heavy (non-hydrogen) atoms. The Hall–Kier alpha value is -3.55. The highest BCUT2D eigenvalue weighted by Gasteiger charge is 2.20. The Labute approximate surface area is 161 Å². The van der Waals surface area contributed by atoms with Crippen molar-refractivity contribution in [1.82, 2.24) is 0 Å². The molecule has 0 radical (unpaired) electrons. The smallest absolute Gasteiger partial charge is 0.338 e. The summed E-state index contributed by atoms with van der Waals surface area (Å²) in [7, 11) is 1.11. The molecule has 0 unspecified atom stereocenters. The minimum absolute atomic E-state index is 0.167. The average molecular weight is 385 g/mol. The predicted octanol–water partition coefficient (Wildman–Crippen LogP) is 3.35. The predicted molar refractivity (Wildman–Crippen MR) is 99.7 cm³/mol. The summed E-state index contributed by atoms with van der Waals surface area (Å²) in [5, 5.41) is 11.0. The van der Waals surface area contributed by atoms with Gasteiger partial charge in [0.05, 0.1) is 23.2 Å². The number of ketones is 1. The Balaban J connectivity index is 2.22. The third-order valence-electron chi connectivity index (χ3n) is 4.26. The van der Waals surface area contributed by atoms with Crippen LogP contribution in [0.3, 0.4) is 0 Å². The second-order valence-electron chi connectivity index (χ2n) is 6.27. The SMILES string of the molecule is COC(=O)c1cc(C(=O)OCC(=O)c2cc(C)c(C)cc2C)cc([N+](=O)[O-])c1. The molecule has 0 amide bonds. The number of carbonyl (C=O) groups is 3. The maximum atomic E-state index is 12.4. The van der Waals surface area contributed by atoms with Crippen LogP contribution in [0.4, 0.5) is 5.69 Å². The molecule has 2 rings (SSSR count). The lowest BCUT2D eigenvalue weighted by Gasteiger charge is -2.10. The van der Waals surface area contributed by atoms with Crippen molar-refractivity contribution in [2.75, 3.05) is 13.7 Å². The number of non-ortho nitro benzene ring substituents is 1. The fourth-order valence-electron chi connectivity index (χ4n) is 2.62. The van der Waals surface area contributed by atoms with E-state index >= 15 is 0 Å². The quantitative estimate of drug-likeness (QED) is 0.324. The average Bonchev–Trinajstić information content (AvgIpc) is 2.67. The summed E-state index contributed by atoms with van der Waals surface area (Å²) in [5.41, 5.74) is 2.31. The zero-order valence-corrected chi connectivity index (χ0v) is 15.9. The topological polar surface area (TPSA) is 113 Å². The van der Waals surface area contributed by atoms with Crippen LogP contribution in [-0.2, 0) is 9.47 Å². The lowest BCUT2D eigenvalue weighted by Crippen LogP contribution is -2.16. The first-order valence-corrected chi connectivity index (χ1v) is 8.30. The van der Waals surface area contributed by atoms with Crippen molar-refractivity contribution < 1.29 is 28.8 Å². The highest BCUT2D eigenvalue weighted by molar-refractivity contribution is 6.01. The molecule has 0 N–H and O–H groups in total. The number of rotatable bonds is 6. The molecule has 0 aliphatic rings. The molecule has 0 atom stereocenters. The van der Waals surface area contributed by atoms with Gasteiger partial charge in [0, 0.05) is 17.7 Å². The van der Waals surface area contributed by atoms with Crippen molar-refractivity contribution in [3.8, 4) is 0 Å². The van der Waals surface area contributed by atoms with Crippen molar-refractivity contribution in [2.45, 2.75) is 20.8 Å². The number of esters is 2. The molecular formula is C20H19NO7. The molecule has 0 fully saturated rings. The van der Waals surface area contributed by atoms with Crippen LogP contribution in [0.1, 0.15) is 47.8 Å². The van der Waals surface area contributed by atoms with Crippen LogP contribution in [0.25, 0.3) is 0 Å². The van der Waals surface area contributed by atoms with E-state index in [9.17, 15) is 24.5 Å². The van der Waals surface area contributed by atoms with E-state index in [0.29, 0.717) is 5.56 Å². The van der Waals surface area contributed by atoms with E-state index in [0.717, 1.165) is 42.0 Å². The lowest BCUT2D eigenvalue weighted by atomic mass is 9.98. The normalized spacial score (nSPS) is 10.3. The summed E-state index contributed by atoms with van der Waals surface area (Å²) in [6.45, 7) is 5.05. The number of Topliss-reactive ketones (excluding diaryl/α,β-unsaturated/α-hetero) is 1. The highest BCUT2D eigenvalue weighted by Crippen LogP contribution is 2.20.